The van der Waals surface area contributed by atoms with E-state index in [9.17, 15) is 32.3 Å². The summed E-state index contributed by atoms with van der Waals surface area (Å²) >= 11 is 8.13. The van der Waals surface area contributed by atoms with Crippen LogP contribution in [0.2, 0.25) is 5.02 Å². The number of nitrogens with zero attached hydrogens (tertiary/aromatic N) is 1. The van der Waals surface area contributed by atoms with Gasteiger partial charge >= 0.3 is 11.0 Å². The molecule has 1 aromatic heterocycles. The third-order valence-corrected chi connectivity index (χ3v) is 9.64. The van der Waals surface area contributed by atoms with Crippen LogP contribution in [0.5, 0.6) is 5.75 Å². The van der Waals surface area contributed by atoms with E-state index in [1.165, 1.54) is 12.1 Å². The van der Waals surface area contributed by atoms with Gasteiger partial charge in [0.1, 0.15) is 11.0 Å². The molecule has 3 heterocycles. The number of hydrogen-bond acceptors (Lipinski definition) is 7. The molecule has 2 N–H and O–H groups in total. The number of benzene rings is 3. The van der Waals surface area contributed by atoms with Crippen molar-refractivity contribution in [3.05, 3.63) is 103 Å². The highest BCUT2D eigenvalue weighted by Gasteiger charge is 2.56. The molecule has 0 aliphatic carbocycles. The molecule has 0 saturated carbocycles. The lowest BCUT2D eigenvalue weighted by Gasteiger charge is -2.29. The SMILES string of the molecule is O=C(COc1ccc([C@H]2c3sc(=O)[nH]c3SC3C(=O)N(c4ccc(Cl)cc4)C(=O)C32)cc1)Nc1cccc(C(F)(F)F)c1. The number of fused-ring (bicyclic) bond motifs is 2. The molecule has 43 heavy (non-hydrogen) atoms. The minimum absolute atomic E-state index is 0.0202. The summed E-state index contributed by atoms with van der Waals surface area (Å²) in [5.74, 6) is -2.53. The van der Waals surface area contributed by atoms with Crippen LogP contribution in [-0.2, 0) is 20.6 Å². The second-order valence-electron chi connectivity index (χ2n) is 9.72. The highest BCUT2D eigenvalue weighted by Crippen LogP contribution is 2.53. The number of nitrogens with one attached hydrogen (secondary N) is 2. The number of thioether (sulfide) groups is 1. The van der Waals surface area contributed by atoms with Crippen LogP contribution >= 0.6 is 34.7 Å². The van der Waals surface area contributed by atoms with Gasteiger partial charge in [0.25, 0.3) is 5.91 Å². The first-order chi connectivity index (χ1) is 20.5. The molecule has 220 valence electrons. The van der Waals surface area contributed by atoms with E-state index in [0.29, 0.717) is 31.9 Å². The van der Waals surface area contributed by atoms with Gasteiger partial charge in [-0.1, -0.05) is 52.9 Å². The van der Waals surface area contributed by atoms with E-state index in [2.05, 4.69) is 10.3 Å². The van der Waals surface area contributed by atoms with Crippen molar-refractivity contribution in [1.82, 2.24) is 4.98 Å². The molecule has 8 nitrogen and oxygen atoms in total. The predicted molar refractivity (Wildman–Crippen MR) is 156 cm³/mol. The summed E-state index contributed by atoms with van der Waals surface area (Å²) in [6.45, 7) is -0.465. The number of amides is 3. The molecule has 3 aromatic carbocycles. The van der Waals surface area contributed by atoms with Gasteiger partial charge in [-0.25, -0.2) is 4.90 Å². The summed E-state index contributed by atoms with van der Waals surface area (Å²) in [6, 6.07) is 17.2. The van der Waals surface area contributed by atoms with E-state index in [0.717, 1.165) is 40.1 Å². The zero-order valence-electron chi connectivity index (χ0n) is 21.7. The molecule has 0 radical (unpaired) electrons. The number of carbonyl (C=O) groups is 3. The summed E-state index contributed by atoms with van der Waals surface area (Å²) in [5, 5.41) is 2.61. The quantitative estimate of drug-likeness (QED) is 0.252. The number of carbonyl (C=O) groups excluding carboxylic acids is 3. The Bertz CT molecular complexity index is 1790. The van der Waals surface area contributed by atoms with Crippen LogP contribution < -0.4 is 19.8 Å². The van der Waals surface area contributed by atoms with Gasteiger partial charge in [-0.3, -0.25) is 19.2 Å². The molecule has 0 spiro atoms. The van der Waals surface area contributed by atoms with E-state index >= 15 is 0 Å². The fourth-order valence-electron chi connectivity index (χ4n) is 5.11. The van der Waals surface area contributed by atoms with Crippen LogP contribution in [0.4, 0.5) is 24.5 Å². The fourth-order valence-corrected chi connectivity index (χ4v) is 7.75. The first kappa shape index (κ1) is 29.0. The molecular weight excluding hydrogens is 627 g/mol. The first-order valence-electron chi connectivity index (χ1n) is 12.7. The van der Waals surface area contributed by atoms with Gasteiger partial charge in [0, 0.05) is 21.5 Å². The van der Waals surface area contributed by atoms with Crippen molar-refractivity contribution in [3.8, 4) is 5.75 Å². The van der Waals surface area contributed by atoms with Crippen LogP contribution in [0.3, 0.4) is 0 Å². The largest absolute Gasteiger partial charge is 0.484 e. The number of halogens is 4. The van der Waals surface area contributed by atoms with Gasteiger partial charge in [-0.15, -0.1) is 0 Å². The number of alkyl halides is 3. The normalized spacial score (nSPS) is 19.6. The molecule has 6 rings (SSSR count). The number of H-pyrrole nitrogens is 1. The van der Waals surface area contributed by atoms with E-state index in [1.54, 1.807) is 48.5 Å². The molecule has 4 aromatic rings. The number of rotatable bonds is 6. The smallest absolute Gasteiger partial charge is 0.416 e. The Morgan fingerprint density at radius 1 is 1.00 bits per heavy atom. The Morgan fingerprint density at radius 2 is 1.72 bits per heavy atom. The van der Waals surface area contributed by atoms with Gasteiger partial charge in [0.15, 0.2) is 6.61 Å². The summed E-state index contributed by atoms with van der Waals surface area (Å²) in [7, 11) is 0. The van der Waals surface area contributed by atoms with Crippen molar-refractivity contribution in [2.75, 3.05) is 16.8 Å². The minimum Gasteiger partial charge on any atom is -0.484 e. The topological polar surface area (TPSA) is 109 Å². The Kier molecular flexibility index (Phi) is 7.57. The molecule has 2 aliphatic rings. The van der Waals surface area contributed by atoms with Gasteiger partial charge in [0.05, 0.1) is 22.2 Å². The van der Waals surface area contributed by atoms with E-state index in [-0.39, 0.29) is 10.6 Å². The Labute approximate surface area is 254 Å². The molecule has 3 amide bonds. The summed E-state index contributed by atoms with van der Waals surface area (Å²) in [6.07, 6.45) is -4.54. The van der Waals surface area contributed by atoms with E-state index in [4.69, 9.17) is 16.3 Å². The number of ether oxygens (including phenoxy) is 1. The van der Waals surface area contributed by atoms with Crippen molar-refractivity contribution >= 4 is 63.8 Å². The molecular formula is C29H19ClF3N3O5S2. The van der Waals surface area contributed by atoms with Gasteiger partial charge < -0.3 is 15.0 Å². The van der Waals surface area contributed by atoms with Gasteiger partial charge in [0.2, 0.25) is 11.8 Å². The molecule has 1 fully saturated rings. The lowest BCUT2D eigenvalue weighted by atomic mass is 9.83. The Hall–Kier alpha value is -4.07. The average molecular weight is 646 g/mol. The first-order valence-corrected chi connectivity index (χ1v) is 14.8. The number of imide groups is 1. The lowest BCUT2D eigenvalue weighted by Crippen LogP contribution is -2.32. The Morgan fingerprint density at radius 3 is 2.42 bits per heavy atom. The van der Waals surface area contributed by atoms with Crippen molar-refractivity contribution in [3.63, 3.8) is 0 Å². The molecule has 2 unspecified atom stereocenters. The summed E-state index contributed by atoms with van der Waals surface area (Å²) < 4.78 is 44.4. The van der Waals surface area contributed by atoms with Crippen molar-refractivity contribution in [1.29, 1.82) is 0 Å². The van der Waals surface area contributed by atoms with Crippen molar-refractivity contribution in [2.24, 2.45) is 5.92 Å². The summed E-state index contributed by atoms with van der Waals surface area (Å²) in [4.78, 5) is 56.1. The van der Waals surface area contributed by atoms with Gasteiger partial charge in [-0.2, -0.15) is 13.2 Å². The third kappa shape index (κ3) is 5.67. The second-order valence-corrected chi connectivity index (χ2v) is 12.3. The number of aromatic nitrogens is 1. The van der Waals surface area contributed by atoms with Crippen LogP contribution in [0.1, 0.15) is 21.9 Å². The summed E-state index contributed by atoms with van der Waals surface area (Å²) in [5.41, 5.74) is 0.150. The standard InChI is InChI=1S/C29H19ClF3N3O5S2/c30-16-6-8-18(9-7-16)36-26(38)22-21(23-25(35-28(40)43-23)42-24(22)27(36)39)14-4-10-19(11-5-14)41-13-20(37)34-17-3-1-2-15(12-17)29(31,32)33/h1-12,21-22,24H,13H2,(H,34,37)(H,35,40)/t21-,22?,24?/m1/s1. The van der Waals surface area contributed by atoms with Crippen LogP contribution in [0.25, 0.3) is 0 Å². The van der Waals surface area contributed by atoms with E-state index in [1.807, 2.05) is 0 Å². The molecule has 0 bridgehead atoms. The zero-order valence-corrected chi connectivity index (χ0v) is 24.1. The highest BCUT2D eigenvalue weighted by molar-refractivity contribution is 8.00. The zero-order chi connectivity index (χ0) is 30.5. The minimum atomic E-state index is -4.54. The number of anilines is 2. The number of aromatic amines is 1. The third-order valence-electron chi connectivity index (χ3n) is 6.99. The maximum Gasteiger partial charge on any atom is 0.416 e. The van der Waals surface area contributed by atoms with Crippen LogP contribution in [0, 0.1) is 5.92 Å². The fraction of sp³-hybridized carbons (Fsp3) is 0.172. The molecule has 2 aliphatic heterocycles. The van der Waals surface area contributed by atoms with Crippen LogP contribution in [-0.4, -0.2) is 34.6 Å². The lowest BCUT2D eigenvalue weighted by molar-refractivity contribution is -0.137. The van der Waals surface area contributed by atoms with E-state index < -0.39 is 53.2 Å². The number of thiazole rings is 1. The molecule has 1 saturated heterocycles. The average Bonchev–Trinajstić information content (AvgIpc) is 3.46. The monoisotopic (exact) mass is 645 g/mol. The van der Waals surface area contributed by atoms with Crippen LogP contribution in [0.15, 0.2) is 82.6 Å². The molecule has 3 atom stereocenters. The molecule has 14 heteroatoms. The van der Waals surface area contributed by atoms with Crippen molar-refractivity contribution < 1.29 is 32.3 Å². The Balaban J connectivity index is 1.21. The second kappa shape index (κ2) is 11.2. The number of hydrogen-bond donors (Lipinski definition) is 2. The maximum absolute atomic E-state index is 13.7. The van der Waals surface area contributed by atoms with Crippen molar-refractivity contribution in [2.45, 2.75) is 22.4 Å². The maximum atomic E-state index is 13.7. The predicted octanol–water partition coefficient (Wildman–Crippen LogP) is 5.92. The van der Waals surface area contributed by atoms with Gasteiger partial charge in [-0.05, 0) is 60.2 Å². The highest BCUT2D eigenvalue weighted by atomic mass is 35.5.